The van der Waals surface area contributed by atoms with Crippen LogP contribution in [0.3, 0.4) is 0 Å². The van der Waals surface area contributed by atoms with Crippen molar-refractivity contribution in [1.82, 2.24) is 5.32 Å². The SMILES string of the molecule is Cl.N=C(N)NC(=O)c1cc(C(F)(F)F)cc(C(F)(F)F)c1. The third kappa shape index (κ3) is 5.14. The lowest BCUT2D eigenvalue weighted by Crippen LogP contribution is -2.36. The molecule has 21 heavy (non-hydrogen) atoms. The van der Waals surface area contributed by atoms with Crippen LogP contribution in [0.2, 0.25) is 0 Å². The molecule has 1 aromatic rings. The van der Waals surface area contributed by atoms with Gasteiger partial charge >= 0.3 is 12.4 Å². The molecule has 0 aliphatic carbocycles. The number of nitrogens with one attached hydrogen (secondary N) is 2. The van der Waals surface area contributed by atoms with E-state index in [2.05, 4.69) is 0 Å². The Hall–Kier alpha value is -1.97. The van der Waals surface area contributed by atoms with Gasteiger partial charge in [0.25, 0.3) is 5.91 Å². The third-order valence-electron chi connectivity index (χ3n) is 2.10. The van der Waals surface area contributed by atoms with Crippen molar-refractivity contribution in [2.24, 2.45) is 5.73 Å². The second-order valence-corrected chi connectivity index (χ2v) is 3.66. The number of hydrogen-bond acceptors (Lipinski definition) is 2. The van der Waals surface area contributed by atoms with Gasteiger partial charge in [-0.1, -0.05) is 0 Å². The molecule has 118 valence electrons. The molecule has 0 saturated carbocycles. The van der Waals surface area contributed by atoms with E-state index in [4.69, 9.17) is 11.1 Å². The highest BCUT2D eigenvalue weighted by atomic mass is 35.5. The van der Waals surface area contributed by atoms with Crippen LogP contribution in [0.15, 0.2) is 18.2 Å². The minimum atomic E-state index is -5.05. The maximum Gasteiger partial charge on any atom is 0.416 e. The number of hydrogen-bond donors (Lipinski definition) is 3. The molecule has 4 nitrogen and oxygen atoms in total. The van der Waals surface area contributed by atoms with E-state index in [1.165, 1.54) is 0 Å². The number of carbonyl (C=O) groups excluding carboxylic acids is 1. The topological polar surface area (TPSA) is 79.0 Å². The van der Waals surface area contributed by atoms with E-state index in [0.29, 0.717) is 0 Å². The van der Waals surface area contributed by atoms with Crippen LogP contribution in [0.4, 0.5) is 26.3 Å². The highest BCUT2D eigenvalue weighted by Gasteiger charge is 2.37. The largest absolute Gasteiger partial charge is 0.416 e. The molecule has 1 rings (SSSR count). The second-order valence-electron chi connectivity index (χ2n) is 3.66. The maximum absolute atomic E-state index is 12.5. The maximum atomic E-state index is 12.5. The number of carbonyl (C=O) groups is 1. The monoisotopic (exact) mass is 335 g/mol. The molecule has 1 aromatic carbocycles. The van der Waals surface area contributed by atoms with Gasteiger partial charge in [-0.15, -0.1) is 12.4 Å². The zero-order chi connectivity index (χ0) is 15.7. The Balaban J connectivity index is 0.00000400. The molecular formula is C10H8ClF6N3O. The minimum Gasteiger partial charge on any atom is -0.370 e. The number of halogens is 7. The fraction of sp³-hybridized carbons (Fsp3) is 0.200. The minimum absolute atomic E-state index is 0. The Labute approximate surface area is 120 Å². The first kappa shape index (κ1) is 19.0. The lowest BCUT2D eigenvalue weighted by molar-refractivity contribution is -0.143. The van der Waals surface area contributed by atoms with Gasteiger partial charge in [-0.05, 0) is 18.2 Å². The molecule has 0 atom stereocenters. The first-order chi connectivity index (χ1) is 8.91. The zero-order valence-corrected chi connectivity index (χ0v) is 10.7. The Morgan fingerprint density at radius 2 is 1.38 bits per heavy atom. The number of amides is 1. The number of benzene rings is 1. The molecule has 0 saturated heterocycles. The van der Waals surface area contributed by atoms with Crippen LogP contribution < -0.4 is 11.1 Å². The average Bonchev–Trinajstić information content (AvgIpc) is 2.25. The predicted octanol–water partition coefficient (Wildman–Crippen LogP) is 2.77. The number of alkyl halides is 6. The van der Waals surface area contributed by atoms with E-state index in [-0.39, 0.29) is 30.6 Å². The molecule has 0 aliphatic heterocycles. The summed E-state index contributed by atoms with van der Waals surface area (Å²) in [7, 11) is 0. The summed E-state index contributed by atoms with van der Waals surface area (Å²) < 4.78 is 75.0. The smallest absolute Gasteiger partial charge is 0.370 e. The van der Waals surface area contributed by atoms with E-state index in [9.17, 15) is 31.1 Å². The van der Waals surface area contributed by atoms with Crippen LogP contribution in [0, 0.1) is 5.41 Å². The van der Waals surface area contributed by atoms with Gasteiger partial charge in [-0.3, -0.25) is 15.5 Å². The van der Waals surface area contributed by atoms with E-state index in [0.717, 1.165) is 0 Å². The lowest BCUT2D eigenvalue weighted by Gasteiger charge is -2.13. The molecule has 1 amide bonds. The summed E-state index contributed by atoms with van der Waals surface area (Å²) in [6.07, 6.45) is -10.1. The van der Waals surface area contributed by atoms with Crippen molar-refractivity contribution in [3.05, 3.63) is 34.9 Å². The van der Waals surface area contributed by atoms with Gasteiger partial charge < -0.3 is 5.73 Å². The number of rotatable bonds is 1. The fourth-order valence-corrected chi connectivity index (χ4v) is 1.28. The normalized spacial score (nSPS) is 11.5. The summed E-state index contributed by atoms with van der Waals surface area (Å²) in [5.74, 6) is -2.24. The second kappa shape index (κ2) is 6.20. The van der Waals surface area contributed by atoms with Crippen LogP contribution in [0.25, 0.3) is 0 Å². The molecule has 0 aromatic heterocycles. The first-order valence-electron chi connectivity index (χ1n) is 4.86. The summed E-state index contributed by atoms with van der Waals surface area (Å²) >= 11 is 0. The third-order valence-corrected chi connectivity index (χ3v) is 2.10. The predicted molar refractivity (Wildman–Crippen MR) is 63.1 cm³/mol. The van der Waals surface area contributed by atoms with Crippen molar-refractivity contribution in [3.63, 3.8) is 0 Å². The van der Waals surface area contributed by atoms with Gasteiger partial charge in [0.05, 0.1) is 11.1 Å². The molecule has 0 bridgehead atoms. The summed E-state index contributed by atoms with van der Waals surface area (Å²) in [4.78, 5) is 11.3. The Kier molecular flexibility index (Phi) is 5.62. The van der Waals surface area contributed by atoms with Crippen molar-refractivity contribution in [3.8, 4) is 0 Å². The Morgan fingerprint density at radius 1 is 1.00 bits per heavy atom. The summed E-state index contributed by atoms with van der Waals surface area (Å²) in [6.45, 7) is 0. The molecule has 0 radical (unpaired) electrons. The van der Waals surface area contributed by atoms with Crippen LogP contribution in [0.1, 0.15) is 21.5 Å². The van der Waals surface area contributed by atoms with Crippen LogP contribution >= 0.6 is 12.4 Å². The van der Waals surface area contributed by atoms with E-state index >= 15 is 0 Å². The number of guanidine groups is 1. The van der Waals surface area contributed by atoms with Crippen molar-refractivity contribution in [1.29, 1.82) is 5.41 Å². The highest BCUT2D eigenvalue weighted by Crippen LogP contribution is 2.36. The Bertz CT molecular complexity index is 522. The molecule has 0 unspecified atom stereocenters. The van der Waals surface area contributed by atoms with Gasteiger partial charge in [-0.2, -0.15) is 26.3 Å². The molecule has 0 spiro atoms. The number of nitrogens with two attached hydrogens (primary N) is 1. The zero-order valence-electron chi connectivity index (χ0n) is 9.89. The van der Waals surface area contributed by atoms with E-state index in [1.54, 1.807) is 5.32 Å². The van der Waals surface area contributed by atoms with E-state index in [1.807, 2.05) is 0 Å². The standard InChI is InChI=1S/C10H7F6N3O.ClH/c11-9(12,13)5-1-4(7(20)19-8(17)18)2-6(3-5)10(14,15)16;/h1-3H,(H4,17,18,19,20);1H. The van der Waals surface area contributed by atoms with Crippen molar-refractivity contribution in [2.75, 3.05) is 0 Å². The summed E-state index contributed by atoms with van der Waals surface area (Å²) in [5, 5.41) is 8.33. The fourth-order valence-electron chi connectivity index (χ4n) is 1.28. The van der Waals surface area contributed by atoms with Crippen LogP contribution in [-0.4, -0.2) is 11.9 Å². The van der Waals surface area contributed by atoms with Crippen molar-refractivity contribution in [2.45, 2.75) is 12.4 Å². The molecule has 0 heterocycles. The van der Waals surface area contributed by atoms with Gasteiger partial charge in [0, 0.05) is 5.56 Å². The lowest BCUT2D eigenvalue weighted by atomic mass is 10.0. The highest BCUT2D eigenvalue weighted by molar-refractivity contribution is 6.04. The molecule has 0 aliphatic rings. The Morgan fingerprint density at radius 3 is 1.67 bits per heavy atom. The van der Waals surface area contributed by atoms with Crippen LogP contribution in [0.5, 0.6) is 0 Å². The van der Waals surface area contributed by atoms with Crippen LogP contribution in [-0.2, 0) is 12.4 Å². The van der Waals surface area contributed by atoms with Gasteiger partial charge in [0.15, 0.2) is 5.96 Å². The van der Waals surface area contributed by atoms with E-state index < -0.39 is 40.9 Å². The van der Waals surface area contributed by atoms with Crippen molar-refractivity contribution >= 4 is 24.3 Å². The molecule has 4 N–H and O–H groups in total. The van der Waals surface area contributed by atoms with Gasteiger partial charge in [-0.25, -0.2) is 0 Å². The molecule has 0 fully saturated rings. The first-order valence-corrected chi connectivity index (χ1v) is 4.86. The molecular weight excluding hydrogens is 328 g/mol. The van der Waals surface area contributed by atoms with Gasteiger partial charge in [0.2, 0.25) is 0 Å². The molecule has 11 heteroatoms. The quantitative estimate of drug-likeness (QED) is 0.419. The van der Waals surface area contributed by atoms with Gasteiger partial charge in [0.1, 0.15) is 0 Å². The average molecular weight is 336 g/mol. The van der Waals surface area contributed by atoms with Crippen molar-refractivity contribution < 1.29 is 31.1 Å². The summed E-state index contributed by atoms with van der Waals surface area (Å²) in [5.41, 5.74) is 0.637. The summed E-state index contributed by atoms with van der Waals surface area (Å²) in [6, 6.07) is 0.381.